The fourth-order valence-electron chi connectivity index (χ4n) is 6.11. The summed E-state index contributed by atoms with van der Waals surface area (Å²) in [5.41, 5.74) is 2.00. The number of halogens is 1. The van der Waals surface area contributed by atoms with Gasteiger partial charge in [-0.2, -0.15) is 0 Å². The molecule has 0 saturated carbocycles. The first kappa shape index (κ1) is 20.1. The lowest BCUT2D eigenvalue weighted by molar-refractivity contribution is -0.118. The summed E-state index contributed by atoms with van der Waals surface area (Å²) < 4.78 is 0. The number of carbonyl (C=O) groups excluding carboxylic acids is 3. The Labute approximate surface area is 196 Å². The summed E-state index contributed by atoms with van der Waals surface area (Å²) in [4.78, 5) is 43.7. The van der Waals surface area contributed by atoms with Gasteiger partial charge >= 0.3 is 0 Å². The minimum Gasteiger partial charge on any atom is -0.352 e. The van der Waals surface area contributed by atoms with Gasteiger partial charge in [0.05, 0.1) is 12.1 Å². The number of anilines is 1. The van der Waals surface area contributed by atoms with Gasteiger partial charge in [-0.05, 0) is 36.2 Å². The van der Waals surface area contributed by atoms with E-state index in [1.807, 2.05) is 53.5 Å². The normalized spacial score (nSPS) is 24.1. The zero-order valence-electron chi connectivity index (χ0n) is 17.9. The molecule has 3 aromatic carbocycles. The topological polar surface area (TPSA) is 54.5 Å². The van der Waals surface area contributed by atoms with E-state index in [-0.39, 0.29) is 17.3 Å². The minimum absolute atomic E-state index is 0.0847. The number of carbonyl (C=O) groups is 3. The standard InChI is InChI=1S/C28H20ClNO3/c1-16(31)25-24(18-10-13-19(29)14-11-18)28(26(32)20-7-3-4-8-21(20)27(28)33)23-15-12-17-6-2-5-9-22(17)30(23)25/h2-15,23-25H,1H3/t23-,24-,25-/m1/s1. The molecule has 0 unspecified atom stereocenters. The Kier molecular flexibility index (Phi) is 4.27. The van der Waals surface area contributed by atoms with Crippen LogP contribution in [-0.2, 0) is 4.79 Å². The van der Waals surface area contributed by atoms with Crippen molar-refractivity contribution in [3.8, 4) is 0 Å². The molecule has 0 bridgehead atoms. The Morgan fingerprint density at radius 2 is 1.48 bits per heavy atom. The van der Waals surface area contributed by atoms with Gasteiger partial charge in [0.2, 0.25) is 0 Å². The van der Waals surface area contributed by atoms with Crippen LogP contribution in [0.3, 0.4) is 0 Å². The molecule has 0 N–H and O–H groups in total. The Morgan fingerprint density at radius 1 is 0.879 bits per heavy atom. The van der Waals surface area contributed by atoms with Crippen molar-refractivity contribution in [2.75, 3.05) is 4.90 Å². The summed E-state index contributed by atoms with van der Waals surface area (Å²) in [7, 11) is 0. The summed E-state index contributed by atoms with van der Waals surface area (Å²) in [6.07, 6.45) is 3.89. The lowest BCUT2D eigenvalue weighted by Crippen LogP contribution is -2.48. The van der Waals surface area contributed by atoms with Gasteiger partial charge in [0.1, 0.15) is 5.41 Å². The van der Waals surface area contributed by atoms with Crippen LogP contribution in [0.15, 0.2) is 78.9 Å². The largest absolute Gasteiger partial charge is 0.352 e. The monoisotopic (exact) mass is 453 g/mol. The van der Waals surface area contributed by atoms with Crippen molar-refractivity contribution in [2.24, 2.45) is 5.41 Å². The molecule has 162 valence electrons. The third kappa shape index (κ3) is 2.50. The Balaban J connectivity index is 1.68. The maximum Gasteiger partial charge on any atom is 0.180 e. The van der Waals surface area contributed by atoms with Crippen molar-refractivity contribution in [1.29, 1.82) is 0 Å². The van der Waals surface area contributed by atoms with Gasteiger partial charge in [-0.3, -0.25) is 14.4 Å². The van der Waals surface area contributed by atoms with E-state index < -0.39 is 23.4 Å². The van der Waals surface area contributed by atoms with Crippen LogP contribution in [0.2, 0.25) is 5.02 Å². The lowest BCUT2D eigenvalue weighted by Gasteiger charge is -2.37. The molecule has 3 aliphatic rings. The number of fused-ring (bicyclic) bond motifs is 5. The van der Waals surface area contributed by atoms with E-state index >= 15 is 0 Å². The second-order valence-electron chi connectivity index (χ2n) is 8.93. The van der Waals surface area contributed by atoms with Crippen molar-refractivity contribution in [1.82, 2.24) is 0 Å². The second kappa shape index (κ2) is 7.00. The van der Waals surface area contributed by atoms with E-state index in [2.05, 4.69) is 0 Å². The number of Topliss-reactive ketones (excluding diaryl/α,β-unsaturated/α-hetero) is 3. The molecule has 33 heavy (non-hydrogen) atoms. The first-order valence-corrected chi connectivity index (χ1v) is 11.3. The molecule has 1 fully saturated rings. The lowest BCUT2D eigenvalue weighted by atomic mass is 9.64. The number of hydrogen-bond acceptors (Lipinski definition) is 4. The van der Waals surface area contributed by atoms with E-state index in [1.54, 1.807) is 43.3 Å². The maximum absolute atomic E-state index is 14.2. The van der Waals surface area contributed by atoms with Crippen LogP contribution in [0, 0.1) is 5.41 Å². The number of rotatable bonds is 2. The fraction of sp³-hybridized carbons (Fsp3) is 0.179. The second-order valence-corrected chi connectivity index (χ2v) is 9.36. The number of ketones is 3. The van der Waals surface area contributed by atoms with Gasteiger partial charge < -0.3 is 4.90 Å². The van der Waals surface area contributed by atoms with Gasteiger partial charge in [0, 0.05) is 27.8 Å². The first-order valence-electron chi connectivity index (χ1n) is 11.0. The fourth-order valence-corrected chi connectivity index (χ4v) is 6.24. The molecule has 4 nitrogen and oxygen atoms in total. The highest BCUT2D eigenvalue weighted by Crippen LogP contribution is 2.60. The van der Waals surface area contributed by atoms with Crippen LogP contribution in [0.5, 0.6) is 0 Å². The molecule has 2 aliphatic heterocycles. The van der Waals surface area contributed by atoms with Gasteiger partial charge in [-0.1, -0.05) is 78.4 Å². The van der Waals surface area contributed by atoms with E-state index in [9.17, 15) is 14.4 Å². The molecule has 1 saturated heterocycles. The number of nitrogens with zero attached hydrogens (tertiary/aromatic N) is 1. The molecule has 1 aliphatic carbocycles. The molecule has 0 aromatic heterocycles. The van der Waals surface area contributed by atoms with Crippen LogP contribution in [0.25, 0.3) is 6.08 Å². The van der Waals surface area contributed by atoms with Crippen molar-refractivity contribution < 1.29 is 14.4 Å². The summed E-state index contributed by atoms with van der Waals surface area (Å²) in [6, 6.07) is 20.7. The quantitative estimate of drug-likeness (QED) is 0.490. The average Bonchev–Trinajstić information content (AvgIpc) is 3.27. The van der Waals surface area contributed by atoms with E-state index in [1.165, 1.54) is 0 Å². The summed E-state index contributed by atoms with van der Waals surface area (Å²) in [5.74, 6) is -1.17. The van der Waals surface area contributed by atoms with E-state index in [0.29, 0.717) is 16.1 Å². The molecule has 3 atom stereocenters. The molecule has 2 heterocycles. The molecule has 5 heteroatoms. The van der Waals surface area contributed by atoms with Crippen molar-refractivity contribution in [3.05, 3.63) is 106 Å². The maximum atomic E-state index is 14.2. The average molecular weight is 454 g/mol. The van der Waals surface area contributed by atoms with Crippen LogP contribution in [0.1, 0.15) is 44.7 Å². The smallest absolute Gasteiger partial charge is 0.180 e. The highest BCUT2D eigenvalue weighted by molar-refractivity contribution is 6.32. The molecule has 0 amide bonds. The van der Waals surface area contributed by atoms with Crippen molar-refractivity contribution in [3.63, 3.8) is 0 Å². The van der Waals surface area contributed by atoms with Crippen LogP contribution < -0.4 is 4.90 Å². The van der Waals surface area contributed by atoms with Gasteiger partial charge in [0.25, 0.3) is 0 Å². The molecular formula is C28H20ClNO3. The van der Waals surface area contributed by atoms with Crippen LogP contribution in [0.4, 0.5) is 5.69 Å². The van der Waals surface area contributed by atoms with Crippen molar-refractivity contribution in [2.45, 2.75) is 24.9 Å². The predicted octanol–water partition coefficient (Wildman–Crippen LogP) is 5.36. The Morgan fingerprint density at radius 3 is 2.12 bits per heavy atom. The highest BCUT2D eigenvalue weighted by atomic mass is 35.5. The molecule has 6 rings (SSSR count). The van der Waals surface area contributed by atoms with Gasteiger partial charge in [-0.15, -0.1) is 0 Å². The number of para-hydroxylation sites is 1. The zero-order chi connectivity index (χ0) is 22.9. The van der Waals surface area contributed by atoms with E-state index in [0.717, 1.165) is 16.8 Å². The van der Waals surface area contributed by atoms with Crippen molar-refractivity contribution >= 4 is 40.7 Å². The molecule has 1 spiro atoms. The number of benzene rings is 3. The first-order chi connectivity index (χ1) is 16.0. The Hall–Kier alpha value is -3.50. The predicted molar refractivity (Wildman–Crippen MR) is 128 cm³/mol. The zero-order valence-corrected chi connectivity index (χ0v) is 18.6. The third-order valence-electron chi connectivity index (χ3n) is 7.36. The Bertz CT molecular complexity index is 1340. The van der Waals surface area contributed by atoms with Gasteiger partial charge in [-0.25, -0.2) is 0 Å². The summed E-state index contributed by atoms with van der Waals surface area (Å²) in [5, 5.41) is 0.556. The molecular weight excluding hydrogens is 434 g/mol. The van der Waals surface area contributed by atoms with E-state index in [4.69, 9.17) is 11.6 Å². The molecule has 3 aromatic rings. The van der Waals surface area contributed by atoms with Crippen LogP contribution >= 0.6 is 11.6 Å². The SMILES string of the molecule is CC(=O)[C@@H]1[C@@H](c2ccc(Cl)cc2)C2(C(=O)c3ccccc3C2=O)[C@H]2C=Cc3ccccc3N12. The number of hydrogen-bond donors (Lipinski definition) is 0. The minimum atomic E-state index is -1.43. The summed E-state index contributed by atoms with van der Waals surface area (Å²) in [6.45, 7) is 1.54. The highest BCUT2D eigenvalue weighted by Gasteiger charge is 2.71. The van der Waals surface area contributed by atoms with Gasteiger partial charge in [0.15, 0.2) is 17.3 Å². The molecule has 0 radical (unpaired) electrons. The third-order valence-corrected chi connectivity index (χ3v) is 7.61. The van der Waals surface area contributed by atoms with Crippen LogP contribution in [-0.4, -0.2) is 29.4 Å². The summed E-state index contributed by atoms with van der Waals surface area (Å²) >= 11 is 6.17.